The fraction of sp³-hybridized carbons (Fsp3) is 0.250. The molecular weight excluding hydrogens is 170 g/mol. The fourth-order valence-electron chi connectivity index (χ4n) is 1.11. The maximum Gasteiger partial charge on any atom is 0.162 e. The van der Waals surface area contributed by atoms with Gasteiger partial charge in [0.2, 0.25) is 0 Å². The second-order valence-corrected chi connectivity index (χ2v) is 2.70. The Kier molecular flexibility index (Phi) is 1.86. The van der Waals surface area contributed by atoms with E-state index in [1.54, 1.807) is 12.3 Å². The van der Waals surface area contributed by atoms with Gasteiger partial charge in [-0.15, -0.1) is 0 Å². The number of hydrogen-bond acceptors (Lipinski definition) is 4. The molecular formula is C8H9N3O2. The van der Waals surface area contributed by atoms with E-state index in [4.69, 9.17) is 9.63 Å². The standard InChI is InChI=1S/C8H9N3O2/c1-11-3-2-9-8(11)7-4-6(5-12)13-10-7/h2-4,12H,5H2,1H3. The third kappa shape index (κ3) is 1.33. The van der Waals surface area contributed by atoms with Gasteiger partial charge < -0.3 is 14.2 Å². The predicted octanol–water partition coefficient (Wildman–Crippen LogP) is 0.567. The van der Waals surface area contributed by atoms with Crippen LogP contribution in [0.2, 0.25) is 0 Å². The van der Waals surface area contributed by atoms with Crippen molar-refractivity contribution in [1.29, 1.82) is 0 Å². The minimum absolute atomic E-state index is 0.141. The van der Waals surface area contributed by atoms with E-state index >= 15 is 0 Å². The summed E-state index contributed by atoms with van der Waals surface area (Å²) < 4.78 is 6.67. The molecule has 2 aromatic heterocycles. The van der Waals surface area contributed by atoms with Gasteiger partial charge >= 0.3 is 0 Å². The van der Waals surface area contributed by atoms with E-state index in [9.17, 15) is 0 Å². The van der Waals surface area contributed by atoms with Crippen molar-refractivity contribution in [3.63, 3.8) is 0 Å². The summed E-state index contributed by atoms with van der Waals surface area (Å²) in [5.74, 6) is 1.17. The van der Waals surface area contributed by atoms with E-state index in [1.807, 2.05) is 17.8 Å². The van der Waals surface area contributed by atoms with Crippen LogP contribution in [0.15, 0.2) is 23.0 Å². The zero-order valence-corrected chi connectivity index (χ0v) is 7.14. The molecule has 5 nitrogen and oxygen atoms in total. The third-order valence-electron chi connectivity index (χ3n) is 1.77. The smallest absolute Gasteiger partial charge is 0.162 e. The van der Waals surface area contributed by atoms with Gasteiger partial charge in [0.05, 0.1) is 0 Å². The fourth-order valence-corrected chi connectivity index (χ4v) is 1.11. The quantitative estimate of drug-likeness (QED) is 0.731. The molecule has 0 unspecified atom stereocenters. The number of aliphatic hydroxyl groups excluding tert-OH is 1. The van der Waals surface area contributed by atoms with Crippen LogP contribution in [0.3, 0.4) is 0 Å². The number of hydrogen-bond donors (Lipinski definition) is 1. The van der Waals surface area contributed by atoms with Crippen LogP contribution in [-0.4, -0.2) is 19.8 Å². The molecule has 0 aliphatic heterocycles. The van der Waals surface area contributed by atoms with E-state index < -0.39 is 0 Å². The van der Waals surface area contributed by atoms with Crippen molar-refractivity contribution >= 4 is 0 Å². The van der Waals surface area contributed by atoms with E-state index in [2.05, 4.69) is 10.1 Å². The van der Waals surface area contributed by atoms with Gasteiger partial charge in [-0.2, -0.15) is 0 Å². The molecule has 13 heavy (non-hydrogen) atoms. The molecule has 0 atom stereocenters. The van der Waals surface area contributed by atoms with Gasteiger partial charge in [-0.25, -0.2) is 4.98 Å². The number of aliphatic hydroxyl groups is 1. The molecule has 0 bridgehead atoms. The zero-order valence-electron chi connectivity index (χ0n) is 7.14. The number of imidazole rings is 1. The molecule has 2 aromatic rings. The summed E-state index contributed by atoms with van der Waals surface area (Å²) in [6, 6.07) is 1.67. The summed E-state index contributed by atoms with van der Waals surface area (Å²) in [5, 5.41) is 12.5. The largest absolute Gasteiger partial charge is 0.388 e. The lowest BCUT2D eigenvalue weighted by atomic mass is 10.3. The minimum Gasteiger partial charge on any atom is -0.388 e. The van der Waals surface area contributed by atoms with Crippen molar-refractivity contribution in [3.05, 3.63) is 24.2 Å². The van der Waals surface area contributed by atoms with Gasteiger partial charge in [0.15, 0.2) is 11.6 Å². The van der Waals surface area contributed by atoms with Crippen molar-refractivity contribution in [2.24, 2.45) is 7.05 Å². The zero-order chi connectivity index (χ0) is 9.26. The molecule has 1 N–H and O–H groups in total. The van der Waals surface area contributed by atoms with Crippen LogP contribution < -0.4 is 0 Å². The second-order valence-electron chi connectivity index (χ2n) is 2.70. The maximum absolute atomic E-state index is 8.76. The van der Waals surface area contributed by atoms with Crippen LogP contribution >= 0.6 is 0 Å². The van der Waals surface area contributed by atoms with Gasteiger partial charge in [-0.05, 0) is 0 Å². The topological polar surface area (TPSA) is 64.1 Å². The molecule has 5 heteroatoms. The number of rotatable bonds is 2. The third-order valence-corrected chi connectivity index (χ3v) is 1.77. The van der Waals surface area contributed by atoms with Crippen LogP contribution in [0.25, 0.3) is 11.5 Å². The molecule has 0 saturated carbocycles. The molecule has 0 fully saturated rings. The molecule has 0 aromatic carbocycles. The second kappa shape index (κ2) is 3.02. The van der Waals surface area contributed by atoms with Crippen molar-refractivity contribution in [2.45, 2.75) is 6.61 Å². The summed E-state index contributed by atoms with van der Waals surface area (Å²) in [7, 11) is 1.87. The van der Waals surface area contributed by atoms with Crippen molar-refractivity contribution in [2.75, 3.05) is 0 Å². The summed E-state index contributed by atoms with van der Waals surface area (Å²) in [4.78, 5) is 4.09. The van der Waals surface area contributed by atoms with Crippen LogP contribution in [0.1, 0.15) is 5.76 Å². The summed E-state index contributed by atoms with van der Waals surface area (Å²) in [5.41, 5.74) is 0.636. The monoisotopic (exact) mass is 179 g/mol. The Morgan fingerprint density at radius 3 is 3.00 bits per heavy atom. The molecule has 68 valence electrons. The predicted molar refractivity (Wildman–Crippen MR) is 44.6 cm³/mol. The molecule has 0 radical (unpaired) electrons. The van der Waals surface area contributed by atoms with Crippen LogP contribution in [-0.2, 0) is 13.7 Å². The van der Waals surface area contributed by atoms with E-state index in [0.29, 0.717) is 11.5 Å². The Morgan fingerprint density at radius 2 is 2.46 bits per heavy atom. The first-order valence-electron chi connectivity index (χ1n) is 3.85. The Hall–Kier alpha value is -1.62. The summed E-state index contributed by atoms with van der Waals surface area (Å²) in [6.07, 6.45) is 3.51. The average Bonchev–Trinajstić information content (AvgIpc) is 2.71. The van der Waals surface area contributed by atoms with E-state index in [-0.39, 0.29) is 6.61 Å². The van der Waals surface area contributed by atoms with E-state index in [0.717, 1.165) is 5.82 Å². The molecule has 0 aliphatic rings. The minimum atomic E-state index is -0.141. The number of aryl methyl sites for hydroxylation is 1. The van der Waals surface area contributed by atoms with Crippen molar-refractivity contribution < 1.29 is 9.63 Å². The van der Waals surface area contributed by atoms with Crippen LogP contribution in [0.5, 0.6) is 0 Å². The first-order chi connectivity index (χ1) is 6.31. The van der Waals surface area contributed by atoms with E-state index in [1.165, 1.54) is 0 Å². The van der Waals surface area contributed by atoms with Gasteiger partial charge in [0.1, 0.15) is 12.3 Å². The lowest BCUT2D eigenvalue weighted by Crippen LogP contribution is -1.90. The summed E-state index contributed by atoms with van der Waals surface area (Å²) in [6.45, 7) is -0.141. The van der Waals surface area contributed by atoms with Gasteiger partial charge in [-0.1, -0.05) is 5.16 Å². The lowest BCUT2D eigenvalue weighted by molar-refractivity contribution is 0.229. The SMILES string of the molecule is Cn1ccnc1-c1cc(CO)on1. The molecule has 2 rings (SSSR count). The average molecular weight is 179 g/mol. The molecule has 2 heterocycles. The molecule has 0 spiro atoms. The highest BCUT2D eigenvalue weighted by Gasteiger charge is 2.08. The Balaban J connectivity index is 2.41. The van der Waals surface area contributed by atoms with Crippen LogP contribution in [0, 0.1) is 0 Å². The highest BCUT2D eigenvalue weighted by molar-refractivity contribution is 5.48. The summed E-state index contributed by atoms with van der Waals surface area (Å²) >= 11 is 0. The normalized spacial score (nSPS) is 10.6. The first kappa shape index (κ1) is 8.00. The van der Waals surface area contributed by atoms with Crippen LogP contribution in [0.4, 0.5) is 0 Å². The highest BCUT2D eigenvalue weighted by atomic mass is 16.5. The highest BCUT2D eigenvalue weighted by Crippen LogP contribution is 2.15. The Morgan fingerprint density at radius 1 is 1.62 bits per heavy atom. The first-order valence-corrected chi connectivity index (χ1v) is 3.85. The Bertz CT molecular complexity index is 405. The van der Waals surface area contributed by atoms with Crippen molar-refractivity contribution in [1.82, 2.24) is 14.7 Å². The van der Waals surface area contributed by atoms with Gasteiger partial charge in [0.25, 0.3) is 0 Å². The number of nitrogens with zero attached hydrogens (tertiary/aromatic N) is 3. The maximum atomic E-state index is 8.76. The van der Waals surface area contributed by atoms with Gasteiger partial charge in [-0.3, -0.25) is 0 Å². The molecule has 0 aliphatic carbocycles. The lowest BCUT2D eigenvalue weighted by Gasteiger charge is -1.93. The Labute approximate surface area is 74.6 Å². The molecule has 0 amide bonds. The van der Waals surface area contributed by atoms with Crippen molar-refractivity contribution in [3.8, 4) is 11.5 Å². The number of aromatic nitrogens is 3. The van der Waals surface area contributed by atoms with Gasteiger partial charge in [0, 0.05) is 25.5 Å². The molecule has 0 saturated heterocycles.